The minimum absolute atomic E-state index is 0.0400. The molecule has 0 radical (unpaired) electrons. The van der Waals surface area contributed by atoms with Crippen molar-refractivity contribution >= 4 is 10.0 Å². The maximum atomic E-state index is 12.6. The van der Waals surface area contributed by atoms with Gasteiger partial charge in [0.05, 0.1) is 12.0 Å². The van der Waals surface area contributed by atoms with Crippen LogP contribution in [0.5, 0.6) is 5.75 Å². The molecule has 0 aromatic heterocycles. The van der Waals surface area contributed by atoms with Gasteiger partial charge in [0.15, 0.2) is 0 Å². The van der Waals surface area contributed by atoms with Gasteiger partial charge in [-0.1, -0.05) is 6.92 Å². The molecule has 1 aliphatic heterocycles. The largest absolute Gasteiger partial charge is 0.496 e. The highest BCUT2D eigenvalue weighted by Crippen LogP contribution is 2.27. The number of nitrogens with zero attached hydrogens (tertiary/aromatic N) is 1. The molecule has 0 saturated carbocycles. The zero-order valence-corrected chi connectivity index (χ0v) is 14.1. The molecule has 5 nitrogen and oxygen atoms in total. The van der Waals surface area contributed by atoms with E-state index in [9.17, 15) is 8.42 Å². The number of sulfonamides is 1. The van der Waals surface area contributed by atoms with Gasteiger partial charge in [-0.15, -0.1) is 0 Å². The third-order valence-corrected chi connectivity index (χ3v) is 5.93. The van der Waals surface area contributed by atoms with Gasteiger partial charge in [-0.3, -0.25) is 0 Å². The van der Waals surface area contributed by atoms with Crippen molar-refractivity contribution < 1.29 is 13.2 Å². The van der Waals surface area contributed by atoms with Crippen molar-refractivity contribution in [3.8, 4) is 5.75 Å². The standard InChI is InChI=1S/C15H24N2O3S/c1-10-8-17(4)9-13(10)16-21(18,19)15-7-6-14(20-5)11(2)12(15)3/h6-7,10,13,16H,8-9H2,1-5H3/t10-,13+/m1/s1. The van der Waals surface area contributed by atoms with Crippen molar-refractivity contribution in [2.24, 2.45) is 5.92 Å². The van der Waals surface area contributed by atoms with Crippen molar-refractivity contribution in [3.63, 3.8) is 0 Å². The fourth-order valence-electron chi connectivity index (χ4n) is 2.91. The summed E-state index contributed by atoms with van der Waals surface area (Å²) in [5.74, 6) is 1.02. The molecule has 0 spiro atoms. The molecule has 0 amide bonds. The Balaban J connectivity index is 2.30. The first kappa shape index (κ1) is 16.3. The minimum atomic E-state index is -3.51. The van der Waals surface area contributed by atoms with Gasteiger partial charge in [0.2, 0.25) is 10.0 Å². The molecule has 21 heavy (non-hydrogen) atoms. The molecule has 2 rings (SSSR count). The summed E-state index contributed by atoms with van der Waals surface area (Å²) in [6.07, 6.45) is 0. The van der Waals surface area contributed by atoms with E-state index in [0.29, 0.717) is 16.6 Å². The van der Waals surface area contributed by atoms with Gasteiger partial charge in [-0.05, 0) is 50.1 Å². The predicted molar refractivity (Wildman–Crippen MR) is 83.2 cm³/mol. The Bertz CT molecular complexity index is 628. The number of hydrogen-bond acceptors (Lipinski definition) is 4. The molecule has 0 bridgehead atoms. The number of ether oxygens (including phenoxy) is 1. The lowest BCUT2D eigenvalue weighted by Crippen LogP contribution is -2.39. The number of benzene rings is 1. The summed E-state index contributed by atoms with van der Waals surface area (Å²) in [5, 5.41) is 0. The molecule has 1 aliphatic rings. The van der Waals surface area contributed by atoms with E-state index >= 15 is 0 Å². The zero-order chi connectivity index (χ0) is 15.8. The van der Waals surface area contributed by atoms with Gasteiger partial charge in [0, 0.05) is 19.1 Å². The zero-order valence-electron chi connectivity index (χ0n) is 13.3. The number of methoxy groups -OCH3 is 1. The van der Waals surface area contributed by atoms with Crippen LogP contribution in [0.25, 0.3) is 0 Å². The van der Waals surface area contributed by atoms with E-state index in [1.54, 1.807) is 19.2 Å². The summed E-state index contributed by atoms with van der Waals surface area (Å²) in [6.45, 7) is 7.42. The molecular weight excluding hydrogens is 288 g/mol. The van der Waals surface area contributed by atoms with Crippen LogP contribution in [0.4, 0.5) is 0 Å². The van der Waals surface area contributed by atoms with E-state index in [1.807, 2.05) is 20.9 Å². The molecule has 6 heteroatoms. The quantitative estimate of drug-likeness (QED) is 0.916. The maximum Gasteiger partial charge on any atom is 0.241 e. The first-order chi connectivity index (χ1) is 9.76. The molecule has 0 unspecified atom stereocenters. The van der Waals surface area contributed by atoms with E-state index in [2.05, 4.69) is 16.5 Å². The van der Waals surface area contributed by atoms with Gasteiger partial charge < -0.3 is 9.64 Å². The Hall–Kier alpha value is -1.11. The number of nitrogens with one attached hydrogen (secondary N) is 1. The number of likely N-dealkylation sites (N-methyl/N-ethyl adjacent to an activating group) is 1. The Morgan fingerprint density at radius 1 is 1.24 bits per heavy atom. The number of hydrogen-bond donors (Lipinski definition) is 1. The van der Waals surface area contributed by atoms with Crippen LogP contribution in [0.3, 0.4) is 0 Å². The number of likely N-dealkylation sites (tertiary alicyclic amines) is 1. The van der Waals surface area contributed by atoms with Gasteiger partial charge in [-0.25, -0.2) is 13.1 Å². The van der Waals surface area contributed by atoms with Crippen molar-refractivity contribution in [1.82, 2.24) is 9.62 Å². The Labute approximate surface area is 127 Å². The SMILES string of the molecule is COc1ccc(S(=O)(=O)N[C@H]2CN(C)C[C@H]2C)c(C)c1C. The fourth-order valence-corrected chi connectivity index (χ4v) is 4.54. The van der Waals surface area contributed by atoms with E-state index in [1.165, 1.54) is 0 Å². The molecular formula is C15H24N2O3S. The smallest absolute Gasteiger partial charge is 0.241 e. The Kier molecular flexibility index (Phi) is 4.60. The van der Waals surface area contributed by atoms with Crippen molar-refractivity contribution in [1.29, 1.82) is 0 Å². The van der Waals surface area contributed by atoms with Crippen LogP contribution in [0, 0.1) is 19.8 Å². The molecule has 1 aromatic carbocycles. The lowest BCUT2D eigenvalue weighted by molar-refractivity contribution is 0.400. The second-order valence-corrected chi connectivity index (χ2v) is 7.62. The predicted octanol–water partition coefficient (Wildman–Crippen LogP) is 1.54. The van der Waals surface area contributed by atoms with Gasteiger partial charge in [0.25, 0.3) is 0 Å². The summed E-state index contributed by atoms with van der Waals surface area (Å²) < 4.78 is 33.4. The molecule has 1 saturated heterocycles. The van der Waals surface area contributed by atoms with Crippen LogP contribution in [0.2, 0.25) is 0 Å². The summed E-state index contributed by atoms with van der Waals surface area (Å²) in [7, 11) is 0.0846. The topological polar surface area (TPSA) is 58.6 Å². The van der Waals surface area contributed by atoms with E-state index in [-0.39, 0.29) is 6.04 Å². The van der Waals surface area contributed by atoms with Crippen molar-refractivity contribution in [2.45, 2.75) is 31.7 Å². The lowest BCUT2D eigenvalue weighted by atomic mass is 10.1. The third kappa shape index (κ3) is 3.22. The highest BCUT2D eigenvalue weighted by Gasteiger charge is 2.32. The van der Waals surface area contributed by atoms with Crippen LogP contribution < -0.4 is 9.46 Å². The van der Waals surface area contributed by atoms with Crippen LogP contribution in [-0.4, -0.2) is 46.6 Å². The molecule has 2 atom stereocenters. The Morgan fingerprint density at radius 3 is 2.43 bits per heavy atom. The molecule has 1 fully saturated rings. The second kappa shape index (κ2) is 5.94. The first-order valence-electron chi connectivity index (χ1n) is 7.11. The molecule has 1 aromatic rings. The van der Waals surface area contributed by atoms with Crippen LogP contribution in [0.1, 0.15) is 18.1 Å². The molecule has 1 N–H and O–H groups in total. The highest BCUT2D eigenvalue weighted by molar-refractivity contribution is 7.89. The minimum Gasteiger partial charge on any atom is -0.496 e. The van der Waals surface area contributed by atoms with Crippen LogP contribution in [-0.2, 0) is 10.0 Å². The van der Waals surface area contributed by atoms with Crippen molar-refractivity contribution in [3.05, 3.63) is 23.3 Å². The van der Waals surface area contributed by atoms with Gasteiger partial charge in [-0.2, -0.15) is 0 Å². The summed E-state index contributed by atoms with van der Waals surface area (Å²) in [6, 6.07) is 3.29. The summed E-state index contributed by atoms with van der Waals surface area (Å²) in [5.41, 5.74) is 1.60. The third-order valence-electron chi connectivity index (χ3n) is 4.30. The van der Waals surface area contributed by atoms with E-state index in [4.69, 9.17) is 4.74 Å². The molecule has 118 valence electrons. The maximum absolute atomic E-state index is 12.6. The Morgan fingerprint density at radius 2 is 1.90 bits per heavy atom. The monoisotopic (exact) mass is 312 g/mol. The van der Waals surface area contributed by atoms with E-state index in [0.717, 1.165) is 24.2 Å². The first-order valence-corrected chi connectivity index (χ1v) is 8.59. The second-order valence-electron chi connectivity index (χ2n) is 5.94. The fraction of sp³-hybridized carbons (Fsp3) is 0.600. The average Bonchev–Trinajstić information content (AvgIpc) is 2.70. The van der Waals surface area contributed by atoms with Gasteiger partial charge >= 0.3 is 0 Å². The normalized spacial score (nSPS) is 23.5. The van der Waals surface area contributed by atoms with E-state index < -0.39 is 10.0 Å². The summed E-state index contributed by atoms with van der Waals surface area (Å²) in [4.78, 5) is 2.48. The molecule has 1 heterocycles. The van der Waals surface area contributed by atoms with Crippen LogP contribution >= 0.6 is 0 Å². The lowest BCUT2D eigenvalue weighted by Gasteiger charge is -2.19. The van der Waals surface area contributed by atoms with Crippen molar-refractivity contribution in [2.75, 3.05) is 27.2 Å². The molecule has 0 aliphatic carbocycles. The van der Waals surface area contributed by atoms with Crippen LogP contribution in [0.15, 0.2) is 17.0 Å². The number of rotatable bonds is 4. The van der Waals surface area contributed by atoms with Gasteiger partial charge in [0.1, 0.15) is 5.75 Å². The summed E-state index contributed by atoms with van der Waals surface area (Å²) >= 11 is 0. The average molecular weight is 312 g/mol. The highest BCUT2D eigenvalue weighted by atomic mass is 32.2.